The van der Waals surface area contributed by atoms with Gasteiger partial charge in [0, 0.05) is 6.20 Å². The summed E-state index contributed by atoms with van der Waals surface area (Å²) in [5, 5.41) is 32.5. The lowest BCUT2D eigenvalue weighted by Crippen LogP contribution is -2.02. The first-order valence-electron chi connectivity index (χ1n) is 7.00. The van der Waals surface area contributed by atoms with Crippen molar-refractivity contribution in [3.05, 3.63) is 59.4 Å². The highest BCUT2D eigenvalue weighted by molar-refractivity contribution is 5.87. The first-order valence-corrected chi connectivity index (χ1v) is 7.00. The number of aromatic hydroxyl groups is 1. The summed E-state index contributed by atoms with van der Waals surface area (Å²) >= 11 is 0. The third-order valence-electron chi connectivity index (χ3n) is 3.55. The quantitative estimate of drug-likeness (QED) is 0.767. The number of hydrogen-bond donors (Lipinski definition) is 2. The predicted octanol–water partition coefficient (Wildman–Crippen LogP) is 2.52. The number of rotatable bonds is 3. The molecule has 3 rings (SSSR count). The summed E-state index contributed by atoms with van der Waals surface area (Å²) in [6.45, 7) is 1.75. The fraction of sp³-hybridized carbons (Fsp3) is 0.0588. The van der Waals surface area contributed by atoms with E-state index in [0.717, 1.165) is 5.56 Å². The van der Waals surface area contributed by atoms with Crippen molar-refractivity contribution in [3.63, 3.8) is 0 Å². The van der Waals surface area contributed by atoms with Crippen LogP contribution in [0.4, 0.5) is 0 Å². The second kappa shape index (κ2) is 5.85. The Morgan fingerprint density at radius 3 is 2.46 bits per heavy atom. The van der Waals surface area contributed by atoms with Crippen molar-refractivity contribution in [2.24, 2.45) is 0 Å². The molecule has 0 amide bonds. The predicted molar refractivity (Wildman–Crippen MR) is 84.9 cm³/mol. The molecular weight excluding hydrogens is 308 g/mol. The Morgan fingerprint density at radius 1 is 1.21 bits per heavy atom. The second-order valence-electron chi connectivity index (χ2n) is 5.10. The van der Waals surface area contributed by atoms with Gasteiger partial charge >= 0.3 is 5.97 Å². The van der Waals surface area contributed by atoms with Crippen LogP contribution in [0, 0.1) is 18.3 Å². The van der Waals surface area contributed by atoms with Crippen LogP contribution in [0.15, 0.2) is 42.6 Å². The lowest BCUT2D eigenvalue weighted by atomic mass is 10.0. The lowest BCUT2D eigenvalue weighted by Gasteiger charge is -2.04. The van der Waals surface area contributed by atoms with Crippen molar-refractivity contribution in [1.82, 2.24) is 14.8 Å². The number of nitrogens with zero attached hydrogens (tertiary/aromatic N) is 4. The average Bonchev–Trinajstić information content (AvgIpc) is 2.89. The molecule has 0 unspecified atom stereocenters. The highest BCUT2D eigenvalue weighted by Crippen LogP contribution is 2.33. The number of aromatic carboxylic acids is 1. The maximum absolute atomic E-state index is 10.9. The van der Waals surface area contributed by atoms with Gasteiger partial charge in [-0.25, -0.2) is 9.78 Å². The van der Waals surface area contributed by atoms with Gasteiger partial charge in [0.2, 0.25) is 5.88 Å². The van der Waals surface area contributed by atoms with E-state index < -0.39 is 5.97 Å². The Labute approximate surface area is 137 Å². The molecule has 7 heteroatoms. The van der Waals surface area contributed by atoms with Crippen LogP contribution in [0.2, 0.25) is 0 Å². The van der Waals surface area contributed by atoms with Crippen LogP contribution >= 0.6 is 0 Å². The largest absolute Gasteiger partial charge is 0.493 e. The lowest BCUT2D eigenvalue weighted by molar-refractivity contribution is 0.0696. The van der Waals surface area contributed by atoms with E-state index in [1.165, 1.54) is 23.0 Å². The summed E-state index contributed by atoms with van der Waals surface area (Å²) < 4.78 is 1.24. The zero-order chi connectivity index (χ0) is 17.3. The van der Waals surface area contributed by atoms with E-state index in [4.69, 9.17) is 10.4 Å². The minimum atomic E-state index is -1.08. The topological polar surface area (TPSA) is 112 Å². The highest BCUT2D eigenvalue weighted by Gasteiger charge is 2.18. The van der Waals surface area contributed by atoms with Gasteiger partial charge in [-0.2, -0.15) is 15.0 Å². The van der Waals surface area contributed by atoms with Crippen LogP contribution in [-0.4, -0.2) is 30.9 Å². The van der Waals surface area contributed by atoms with Crippen LogP contribution < -0.4 is 0 Å². The molecule has 2 N–H and O–H groups in total. The number of pyridine rings is 1. The van der Waals surface area contributed by atoms with E-state index in [0.29, 0.717) is 22.6 Å². The van der Waals surface area contributed by atoms with Crippen molar-refractivity contribution in [3.8, 4) is 28.9 Å². The summed E-state index contributed by atoms with van der Waals surface area (Å²) in [6, 6.07) is 11.7. The van der Waals surface area contributed by atoms with Gasteiger partial charge in [0.25, 0.3) is 0 Å². The maximum atomic E-state index is 10.9. The van der Waals surface area contributed by atoms with Crippen molar-refractivity contribution in [2.45, 2.75) is 6.92 Å². The molecule has 118 valence electrons. The van der Waals surface area contributed by atoms with Gasteiger partial charge in [-0.3, -0.25) is 0 Å². The first-order chi connectivity index (χ1) is 11.5. The molecule has 1 aromatic carbocycles. The number of aryl methyl sites for hydroxylation is 1. The molecule has 0 radical (unpaired) electrons. The first kappa shape index (κ1) is 15.2. The molecule has 7 nitrogen and oxygen atoms in total. The molecule has 0 spiro atoms. The van der Waals surface area contributed by atoms with Gasteiger partial charge in [0.05, 0.1) is 28.5 Å². The number of benzene rings is 1. The number of carboxylic acids is 1. The molecule has 0 bridgehead atoms. The third kappa shape index (κ3) is 2.57. The minimum absolute atomic E-state index is 0.0504. The Balaban J connectivity index is 2.05. The maximum Gasteiger partial charge on any atom is 0.337 e. The van der Waals surface area contributed by atoms with Crippen molar-refractivity contribution >= 4 is 5.97 Å². The summed E-state index contributed by atoms with van der Waals surface area (Å²) in [7, 11) is 0. The van der Waals surface area contributed by atoms with Crippen LogP contribution in [0.5, 0.6) is 5.88 Å². The fourth-order valence-corrected chi connectivity index (χ4v) is 2.36. The third-order valence-corrected chi connectivity index (χ3v) is 3.55. The minimum Gasteiger partial charge on any atom is -0.493 e. The van der Waals surface area contributed by atoms with Gasteiger partial charge in [0.15, 0.2) is 5.82 Å². The van der Waals surface area contributed by atoms with Crippen LogP contribution in [0.1, 0.15) is 21.6 Å². The van der Waals surface area contributed by atoms with Gasteiger partial charge in [-0.05, 0) is 36.8 Å². The zero-order valence-corrected chi connectivity index (χ0v) is 12.6. The summed E-state index contributed by atoms with van der Waals surface area (Å²) in [5.74, 6) is -0.874. The number of carbonyl (C=O) groups is 1. The van der Waals surface area contributed by atoms with Crippen LogP contribution in [0.3, 0.4) is 0 Å². The van der Waals surface area contributed by atoms with E-state index in [2.05, 4.69) is 10.1 Å². The Kier molecular flexibility index (Phi) is 3.72. The Bertz CT molecular complexity index is 951. The van der Waals surface area contributed by atoms with Crippen molar-refractivity contribution in [2.75, 3.05) is 0 Å². The Morgan fingerprint density at radius 2 is 1.92 bits per heavy atom. The fourth-order valence-electron chi connectivity index (χ4n) is 2.36. The normalized spacial score (nSPS) is 10.3. The SMILES string of the molecule is Cc1nn(-c2ccc(C(=O)O)cn2)c(O)c1-c1ccc(C#N)cc1. The molecule has 0 aliphatic heterocycles. The van der Waals surface area contributed by atoms with Crippen LogP contribution in [0.25, 0.3) is 16.9 Å². The number of hydrogen-bond acceptors (Lipinski definition) is 5. The van der Waals surface area contributed by atoms with E-state index in [1.807, 2.05) is 6.07 Å². The van der Waals surface area contributed by atoms with Gasteiger partial charge in [-0.1, -0.05) is 12.1 Å². The van der Waals surface area contributed by atoms with Gasteiger partial charge in [-0.15, -0.1) is 0 Å². The monoisotopic (exact) mass is 320 g/mol. The van der Waals surface area contributed by atoms with Gasteiger partial charge < -0.3 is 10.2 Å². The number of carboxylic acid groups (broad SMARTS) is 1. The van der Waals surface area contributed by atoms with E-state index in [9.17, 15) is 9.90 Å². The molecule has 0 saturated heterocycles. The second-order valence-corrected chi connectivity index (χ2v) is 5.10. The Hall–Kier alpha value is -3.66. The molecule has 0 fully saturated rings. The van der Waals surface area contributed by atoms with E-state index in [1.54, 1.807) is 31.2 Å². The van der Waals surface area contributed by atoms with E-state index in [-0.39, 0.29) is 11.4 Å². The number of nitriles is 1. The number of aromatic nitrogens is 3. The van der Waals surface area contributed by atoms with E-state index >= 15 is 0 Å². The van der Waals surface area contributed by atoms with Crippen molar-refractivity contribution in [1.29, 1.82) is 5.26 Å². The molecule has 0 aliphatic carbocycles. The smallest absolute Gasteiger partial charge is 0.337 e. The van der Waals surface area contributed by atoms with Gasteiger partial charge in [0.1, 0.15) is 0 Å². The average molecular weight is 320 g/mol. The van der Waals surface area contributed by atoms with Crippen LogP contribution in [-0.2, 0) is 0 Å². The molecule has 0 aliphatic rings. The summed E-state index contributed by atoms with van der Waals surface area (Å²) in [5.41, 5.74) is 2.41. The molecular formula is C17H12N4O3. The highest BCUT2D eigenvalue weighted by atomic mass is 16.4. The molecule has 0 atom stereocenters. The summed E-state index contributed by atoms with van der Waals surface area (Å²) in [6.07, 6.45) is 1.20. The molecule has 3 aromatic rings. The zero-order valence-electron chi connectivity index (χ0n) is 12.6. The standard InChI is InChI=1S/C17H12N4O3/c1-10-15(12-4-2-11(8-18)3-5-12)16(22)21(20-10)14-7-6-13(9-19-14)17(23)24/h2-7,9,22H,1H3,(H,23,24). The molecule has 0 saturated carbocycles. The summed E-state index contributed by atoms with van der Waals surface area (Å²) in [4.78, 5) is 14.9. The molecule has 2 aromatic heterocycles. The molecule has 24 heavy (non-hydrogen) atoms. The molecule has 2 heterocycles. The van der Waals surface area contributed by atoms with Crippen molar-refractivity contribution < 1.29 is 15.0 Å².